The Labute approximate surface area is 470 Å². The van der Waals surface area contributed by atoms with E-state index in [1.54, 1.807) is 0 Å². The van der Waals surface area contributed by atoms with E-state index in [4.69, 9.17) is 28.4 Å². The average molecular weight is 1060 g/mol. The molecule has 0 aromatic heterocycles. The van der Waals surface area contributed by atoms with E-state index in [1.807, 2.05) is 255 Å². The van der Waals surface area contributed by atoms with Crippen LogP contribution in [0.3, 0.4) is 0 Å². The maximum Gasteiger partial charge on any atom is 0.224 e. The minimum absolute atomic E-state index is 0.425. The van der Waals surface area contributed by atoms with E-state index in [9.17, 15) is 10.2 Å². The molecule has 1 saturated heterocycles. The van der Waals surface area contributed by atoms with Gasteiger partial charge < -0.3 is 38.6 Å². The Morgan fingerprint density at radius 1 is 0.259 bits per heavy atom. The molecule has 1 aliphatic heterocycles. The van der Waals surface area contributed by atoms with Crippen molar-refractivity contribution in [3.8, 4) is 23.0 Å². The Morgan fingerprint density at radius 3 is 0.765 bits per heavy atom. The quantitative estimate of drug-likeness (QED) is 0.0877. The van der Waals surface area contributed by atoms with Gasteiger partial charge in [-0.1, -0.05) is 194 Å². The lowest BCUT2D eigenvalue weighted by Gasteiger charge is -2.41. The van der Waals surface area contributed by atoms with Crippen molar-refractivity contribution in [1.82, 2.24) is 0 Å². The van der Waals surface area contributed by atoms with Crippen LogP contribution in [-0.4, -0.2) is 23.4 Å². The van der Waals surface area contributed by atoms with Crippen molar-refractivity contribution in [3.05, 3.63) is 311 Å². The molecule has 2 N–H and O–H groups in total. The molecule has 8 nitrogen and oxygen atoms in total. The molecule has 0 spiro atoms. The summed E-state index contributed by atoms with van der Waals surface area (Å²) >= 11 is 0. The Bertz CT molecular complexity index is 3900. The first-order valence-electron chi connectivity index (χ1n) is 27.3. The summed E-state index contributed by atoms with van der Waals surface area (Å²) in [6.07, 6.45) is 0. The van der Waals surface area contributed by atoms with Crippen LogP contribution in [0.5, 0.6) is 23.0 Å². The predicted molar refractivity (Wildman–Crippen MR) is 319 cm³/mol. The van der Waals surface area contributed by atoms with Gasteiger partial charge in [-0.3, -0.25) is 0 Å². The molecule has 398 valence electrons. The highest BCUT2D eigenvalue weighted by molar-refractivity contribution is 5.88. The van der Waals surface area contributed by atoms with E-state index in [1.165, 1.54) is 0 Å². The van der Waals surface area contributed by atoms with E-state index in [0.29, 0.717) is 48.7 Å². The number of benzene rings is 12. The highest BCUT2D eigenvalue weighted by Crippen LogP contribution is 2.61. The maximum absolute atomic E-state index is 12.5. The Hall–Kier alpha value is -9.28. The molecule has 2 atom stereocenters. The summed E-state index contributed by atoms with van der Waals surface area (Å²) in [6.45, 7) is 0.562. The normalized spacial score (nSPS) is 16.7. The molecule has 1 fully saturated rings. The van der Waals surface area contributed by atoms with Crippen molar-refractivity contribution >= 4 is 43.1 Å². The molecular formula is C73H58O8. The summed E-state index contributed by atoms with van der Waals surface area (Å²) in [6, 6.07) is 88.8. The van der Waals surface area contributed by atoms with Crippen molar-refractivity contribution < 1.29 is 38.6 Å². The molecule has 0 aliphatic carbocycles. The van der Waals surface area contributed by atoms with Gasteiger partial charge in [0.15, 0.2) is 11.2 Å². The van der Waals surface area contributed by atoms with E-state index >= 15 is 0 Å². The summed E-state index contributed by atoms with van der Waals surface area (Å²) in [5.74, 6) is 1.18. The molecule has 0 radical (unpaired) electrons. The average Bonchev–Trinajstić information content (AvgIpc) is 4.13. The lowest BCUT2D eigenvalue weighted by atomic mass is 9.73. The van der Waals surface area contributed by atoms with Gasteiger partial charge in [0.1, 0.15) is 49.4 Å². The first-order valence-corrected chi connectivity index (χ1v) is 27.3. The van der Waals surface area contributed by atoms with Crippen LogP contribution >= 0.6 is 0 Å². The number of hydrogen-bond donors (Lipinski definition) is 2. The van der Waals surface area contributed by atoms with Crippen LogP contribution in [0, 0.1) is 0 Å². The van der Waals surface area contributed by atoms with Crippen LogP contribution in [0.2, 0.25) is 0 Å². The first-order chi connectivity index (χ1) is 39.9. The van der Waals surface area contributed by atoms with Crippen LogP contribution in [0.15, 0.2) is 267 Å². The molecule has 2 unspecified atom stereocenters. The van der Waals surface area contributed by atoms with Gasteiger partial charge in [-0.25, -0.2) is 0 Å². The van der Waals surface area contributed by atoms with E-state index < -0.39 is 30.2 Å². The largest absolute Gasteiger partial charge is 0.489 e. The van der Waals surface area contributed by atoms with Gasteiger partial charge in [-0.15, -0.1) is 0 Å². The smallest absolute Gasteiger partial charge is 0.224 e. The van der Waals surface area contributed by atoms with Crippen LogP contribution in [0.1, 0.15) is 44.5 Å². The highest BCUT2D eigenvalue weighted by atomic mass is 16.8. The second-order valence-electron chi connectivity index (χ2n) is 20.8. The maximum atomic E-state index is 12.5. The second-order valence-corrected chi connectivity index (χ2v) is 20.8. The van der Waals surface area contributed by atoms with Crippen molar-refractivity contribution in [2.45, 2.75) is 43.4 Å². The lowest BCUT2D eigenvalue weighted by Crippen LogP contribution is -2.52. The van der Waals surface area contributed by atoms with Gasteiger partial charge in [-0.05, 0) is 149 Å². The predicted octanol–water partition coefficient (Wildman–Crippen LogP) is 15.6. The van der Waals surface area contributed by atoms with Crippen molar-refractivity contribution in [2.24, 2.45) is 0 Å². The number of ether oxygens (including phenoxy) is 6. The van der Waals surface area contributed by atoms with Gasteiger partial charge in [0.25, 0.3) is 0 Å². The van der Waals surface area contributed by atoms with Crippen molar-refractivity contribution in [3.63, 3.8) is 0 Å². The van der Waals surface area contributed by atoms with Gasteiger partial charge in [0.05, 0.1) is 13.2 Å². The molecule has 8 heteroatoms. The van der Waals surface area contributed by atoms with Crippen molar-refractivity contribution in [2.75, 3.05) is 13.2 Å². The fourth-order valence-electron chi connectivity index (χ4n) is 11.3. The topological polar surface area (TPSA) is 95.8 Å². The molecule has 0 amide bonds. The monoisotopic (exact) mass is 1060 g/mol. The summed E-state index contributed by atoms with van der Waals surface area (Å²) < 4.78 is 40.9. The van der Waals surface area contributed by atoms with Crippen LogP contribution < -0.4 is 18.9 Å². The number of aliphatic hydroxyl groups excluding tert-OH is 2. The third-order valence-corrected chi connectivity index (χ3v) is 15.7. The van der Waals surface area contributed by atoms with E-state index in [-0.39, 0.29) is 0 Å². The molecule has 0 saturated carbocycles. The van der Waals surface area contributed by atoms with E-state index in [0.717, 1.165) is 88.3 Å². The fourth-order valence-corrected chi connectivity index (χ4v) is 11.3. The van der Waals surface area contributed by atoms with E-state index in [2.05, 4.69) is 12.1 Å². The van der Waals surface area contributed by atoms with Gasteiger partial charge in [0.2, 0.25) is 5.79 Å². The third-order valence-electron chi connectivity index (χ3n) is 15.7. The second kappa shape index (κ2) is 22.1. The van der Waals surface area contributed by atoms with Gasteiger partial charge in [-0.2, -0.15) is 0 Å². The fraction of sp³-hybridized carbons (Fsp3) is 0.123. The summed E-state index contributed by atoms with van der Waals surface area (Å²) in [5, 5.41) is 32.4. The lowest BCUT2D eigenvalue weighted by molar-refractivity contribution is -0.183. The highest BCUT2D eigenvalue weighted by Gasteiger charge is 2.69. The van der Waals surface area contributed by atoms with Crippen molar-refractivity contribution in [1.29, 1.82) is 0 Å². The van der Waals surface area contributed by atoms with Gasteiger partial charge in [0, 0.05) is 11.1 Å². The number of rotatable bonds is 18. The Morgan fingerprint density at radius 2 is 0.494 bits per heavy atom. The first kappa shape index (κ1) is 51.2. The zero-order chi connectivity index (χ0) is 54.6. The number of hydrogen-bond acceptors (Lipinski definition) is 8. The van der Waals surface area contributed by atoms with Crippen LogP contribution in [0.25, 0.3) is 43.1 Å². The minimum atomic E-state index is -1.74. The minimum Gasteiger partial charge on any atom is -0.489 e. The molecule has 1 heterocycles. The Kier molecular flexibility index (Phi) is 14.0. The zero-order valence-electron chi connectivity index (χ0n) is 44.5. The third kappa shape index (κ3) is 10.1. The van der Waals surface area contributed by atoms with Gasteiger partial charge >= 0.3 is 0 Å². The summed E-state index contributed by atoms with van der Waals surface area (Å²) in [4.78, 5) is 0. The molecule has 12 aromatic carbocycles. The zero-order valence-corrected chi connectivity index (χ0v) is 44.5. The molecule has 1 aliphatic rings. The molecule has 81 heavy (non-hydrogen) atoms. The summed E-state index contributed by atoms with van der Waals surface area (Å²) in [5.41, 5.74) is 3.34. The molecular weight excluding hydrogens is 1000 g/mol. The van der Waals surface area contributed by atoms with Crippen LogP contribution in [0.4, 0.5) is 0 Å². The standard InChI is InChI=1S/C73H58O8/c74-49-71(63-29-21-59-41-67(33-25-55(59)37-63)76-45-51-13-5-1-6-14-51)72(50-75,64-30-22-60-42-68(34-26-56(60)38-64)77-46-52-15-7-2-8-16-52)81-73(80-71,65-31-23-61-43-69(35-27-57(61)39-65)78-47-53-17-9-3-10-18-53)66-32-24-62-44-70(36-28-58(62)40-66)79-48-54-19-11-4-12-20-54/h1-44,74-75H,45-50H2. The summed E-state index contributed by atoms with van der Waals surface area (Å²) in [7, 11) is 0. The molecule has 12 aromatic rings. The molecule has 0 bridgehead atoms. The molecule has 13 rings (SSSR count). The van der Waals surface area contributed by atoms with Crippen LogP contribution in [-0.2, 0) is 52.9 Å². The Balaban J connectivity index is 0.952. The number of fused-ring (bicyclic) bond motifs is 4. The number of aliphatic hydroxyl groups is 2. The SMILES string of the molecule is OCC1(c2ccc3cc(OCc4ccccc4)ccc3c2)OC(c2ccc3cc(OCc4ccccc4)ccc3c2)(c2ccc3cc(OCc4ccccc4)ccc3c2)OC1(CO)c1ccc2cc(OCc3ccccc3)ccc2c1.